The molecule has 1 aliphatic heterocycles. The van der Waals surface area contributed by atoms with Crippen LogP contribution in [-0.4, -0.2) is 33.0 Å². The van der Waals surface area contributed by atoms with E-state index in [0.717, 1.165) is 17.5 Å². The van der Waals surface area contributed by atoms with Gasteiger partial charge in [-0.25, -0.2) is 4.98 Å². The summed E-state index contributed by atoms with van der Waals surface area (Å²) in [5, 5.41) is 11.9. The molecule has 3 aromatic rings. The molecule has 0 radical (unpaired) electrons. The molecule has 32 heavy (non-hydrogen) atoms. The van der Waals surface area contributed by atoms with Crippen LogP contribution in [0.5, 0.6) is 0 Å². The summed E-state index contributed by atoms with van der Waals surface area (Å²) < 4.78 is 7.32. The Bertz CT molecular complexity index is 1200. The number of aryl methyl sites for hydroxylation is 3. The van der Waals surface area contributed by atoms with Gasteiger partial charge in [0.1, 0.15) is 11.9 Å². The van der Waals surface area contributed by atoms with Gasteiger partial charge in [-0.15, -0.1) is 0 Å². The van der Waals surface area contributed by atoms with E-state index in [0.29, 0.717) is 30.3 Å². The van der Waals surface area contributed by atoms with Crippen LogP contribution >= 0.6 is 12.2 Å². The first-order chi connectivity index (χ1) is 15.5. The summed E-state index contributed by atoms with van der Waals surface area (Å²) >= 11 is 5.21. The molecule has 1 aromatic heterocycles. The predicted octanol–water partition coefficient (Wildman–Crippen LogP) is 5.25. The first-order valence-electron chi connectivity index (χ1n) is 10.9. The molecule has 5 nitrogen and oxygen atoms in total. The summed E-state index contributed by atoms with van der Waals surface area (Å²) in [7, 11) is 1.61. The van der Waals surface area contributed by atoms with E-state index in [9.17, 15) is 5.11 Å². The minimum absolute atomic E-state index is 0.0415. The number of thiocarbonyl (C=S) groups is 1. The molecule has 1 N–H and O–H groups in total. The van der Waals surface area contributed by atoms with Crippen molar-refractivity contribution in [2.45, 2.75) is 45.8 Å². The van der Waals surface area contributed by atoms with Gasteiger partial charge in [0.05, 0.1) is 18.1 Å². The van der Waals surface area contributed by atoms with Crippen molar-refractivity contribution in [3.63, 3.8) is 0 Å². The van der Waals surface area contributed by atoms with E-state index in [1.165, 1.54) is 22.3 Å². The van der Waals surface area contributed by atoms with Crippen LogP contribution in [0.4, 0.5) is 0 Å². The summed E-state index contributed by atoms with van der Waals surface area (Å²) in [5.41, 5.74) is 6.75. The van der Waals surface area contributed by atoms with E-state index in [1.807, 2.05) is 18.4 Å². The van der Waals surface area contributed by atoms with Crippen molar-refractivity contribution < 1.29 is 9.84 Å². The minimum Gasteiger partial charge on any atom is -0.490 e. The molecule has 0 bridgehead atoms. The lowest BCUT2D eigenvalue weighted by molar-refractivity contribution is 0.122. The van der Waals surface area contributed by atoms with Crippen molar-refractivity contribution in [1.29, 1.82) is 0 Å². The van der Waals surface area contributed by atoms with Crippen molar-refractivity contribution in [3.05, 3.63) is 76.8 Å². The van der Waals surface area contributed by atoms with Gasteiger partial charge in [0.15, 0.2) is 5.05 Å². The van der Waals surface area contributed by atoms with Gasteiger partial charge in [0, 0.05) is 31.3 Å². The highest BCUT2D eigenvalue weighted by atomic mass is 32.1. The van der Waals surface area contributed by atoms with Gasteiger partial charge < -0.3 is 14.4 Å². The lowest BCUT2D eigenvalue weighted by Gasteiger charge is -2.21. The number of aliphatic hydroxyl groups is 1. The van der Waals surface area contributed by atoms with E-state index < -0.39 is 6.10 Å². The number of ether oxygens (including phenoxy) is 1. The van der Waals surface area contributed by atoms with Crippen molar-refractivity contribution in [2.24, 2.45) is 10.9 Å². The molecule has 2 unspecified atom stereocenters. The molecule has 0 aliphatic carbocycles. The smallest absolute Gasteiger partial charge is 0.159 e. The number of hydrogen-bond donors (Lipinski definition) is 1. The SMILES string of the molecule is COC(=S)CCc1ccc2nc(C(O)C3C=CN=CC3)n(Cc3cc(C)ccc3C)c2c1. The van der Waals surface area contributed by atoms with Crippen LogP contribution in [0.2, 0.25) is 0 Å². The van der Waals surface area contributed by atoms with Gasteiger partial charge in [-0.3, -0.25) is 4.99 Å². The third kappa shape index (κ3) is 4.81. The van der Waals surface area contributed by atoms with E-state index in [-0.39, 0.29) is 5.92 Å². The van der Waals surface area contributed by atoms with Gasteiger partial charge in [-0.2, -0.15) is 0 Å². The second-order valence-electron chi connectivity index (χ2n) is 8.40. The van der Waals surface area contributed by atoms with Gasteiger partial charge in [0.2, 0.25) is 0 Å². The molecule has 2 atom stereocenters. The Balaban J connectivity index is 1.77. The maximum atomic E-state index is 11.3. The minimum atomic E-state index is -0.708. The Morgan fingerprint density at radius 1 is 1.25 bits per heavy atom. The molecule has 4 rings (SSSR count). The van der Waals surface area contributed by atoms with Crippen LogP contribution in [0.25, 0.3) is 11.0 Å². The normalized spacial score (nSPS) is 16.4. The van der Waals surface area contributed by atoms with Gasteiger partial charge in [-0.1, -0.05) is 35.9 Å². The maximum Gasteiger partial charge on any atom is 0.159 e. The maximum absolute atomic E-state index is 11.3. The number of aliphatic imine (C=N–C) groups is 1. The quantitative estimate of drug-likeness (QED) is 0.503. The highest BCUT2D eigenvalue weighted by molar-refractivity contribution is 7.80. The highest BCUT2D eigenvalue weighted by Gasteiger charge is 2.26. The van der Waals surface area contributed by atoms with Crippen LogP contribution in [-0.2, 0) is 17.7 Å². The standard InChI is InChI=1S/C26H29N3O2S/c1-17-4-5-18(2)21(14-17)16-29-23-15-19(7-9-24(32)31-3)6-8-22(23)28-26(29)25(30)20-10-12-27-13-11-20/h4-6,8,10,12-15,20,25,30H,7,9,11,16H2,1-3H3. The van der Waals surface area contributed by atoms with Crippen molar-refractivity contribution >= 4 is 34.5 Å². The Morgan fingerprint density at radius 3 is 2.84 bits per heavy atom. The fourth-order valence-electron chi connectivity index (χ4n) is 4.13. The molecule has 0 fully saturated rings. The van der Waals surface area contributed by atoms with Crippen molar-refractivity contribution in [1.82, 2.24) is 9.55 Å². The Morgan fingerprint density at radius 2 is 2.09 bits per heavy atom. The molecular formula is C26H29N3O2S. The Hall–Kier alpha value is -2.83. The van der Waals surface area contributed by atoms with Gasteiger partial charge >= 0.3 is 0 Å². The van der Waals surface area contributed by atoms with E-state index >= 15 is 0 Å². The molecule has 0 saturated heterocycles. The molecule has 0 saturated carbocycles. The fraction of sp³-hybridized carbons (Fsp3) is 0.346. The van der Waals surface area contributed by atoms with Crippen LogP contribution < -0.4 is 0 Å². The predicted molar refractivity (Wildman–Crippen MR) is 133 cm³/mol. The van der Waals surface area contributed by atoms with Crippen LogP contribution in [0.15, 0.2) is 53.7 Å². The average Bonchev–Trinajstić information content (AvgIpc) is 3.17. The number of methoxy groups -OCH3 is 1. The molecule has 0 spiro atoms. The van der Waals surface area contributed by atoms with Gasteiger partial charge in [-0.05, 0) is 67.7 Å². The number of nitrogens with zero attached hydrogens (tertiary/aromatic N) is 3. The second kappa shape index (κ2) is 9.76. The summed E-state index contributed by atoms with van der Waals surface area (Å²) in [6.07, 6.45) is 7.06. The van der Waals surface area contributed by atoms with E-state index in [4.69, 9.17) is 21.9 Å². The van der Waals surface area contributed by atoms with Crippen molar-refractivity contribution in [2.75, 3.05) is 7.11 Å². The first-order valence-corrected chi connectivity index (χ1v) is 11.4. The number of aromatic nitrogens is 2. The van der Waals surface area contributed by atoms with Gasteiger partial charge in [0.25, 0.3) is 0 Å². The third-order valence-electron chi connectivity index (χ3n) is 6.09. The Labute approximate surface area is 194 Å². The summed E-state index contributed by atoms with van der Waals surface area (Å²) in [5.74, 6) is 0.649. The zero-order valence-corrected chi connectivity index (χ0v) is 19.6. The molecule has 1 aliphatic rings. The van der Waals surface area contributed by atoms with E-state index in [2.05, 4.69) is 53.7 Å². The van der Waals surface area contributed by atoms with Crippen LogP contribution in [0, 0.1) is 19.8 Å². The van der Waals surface area contributed by atoms with Crippen molar-refractivity contribution in [3.8, 4) is 0 Å². The number of rotatable bonds is 7. The number of hydrogen-bond acceptors (Lipinski definition) is 5. The molecule has 6 heteroatoms. The molecule has 166 valence electrons. The number of benzene rings is 2. The largest absolute Gasteiger partial charge is 0.490 e. The molecular weight excluding hydrogens is 418 g/mol. The van der Waals surface area contributed by atoms with E-state index in [1.54, 1.807) is 13.3 Å². The molecule has 2 aromatic carbocycles. The highest BCUT2D eigenvalue weighted by Crippen LogP contribution is 2.31. The molecule has 0 amide bonds. The van der Waals surface area contributed by atoms with Crippen LogP contribution in [0.3, 0.4) is 0 Å². The third-order valence-corrected chi connectivity index (χ3v) is 6.46. The number of fused-ring (bicyclic) bond motifs is 1. The average molecular weight is 448 g/mol. The Kier molecular flexibility index (Phi) is 6.82. The monoisotopic (exact) mass is 447 g/mol. The van der Waals surface area contributed by atoms with Crippen LogP contribution in [0.1, 0.15) is 47.0 Å². The second-order valence-corrected chi connectivity index (χ2v) is 8.86. The zero-order valence-electron chi connectivity index (χ0n) is 18.8. The summed E-state index contributed by atoms with van der Waals surface area (Å²) in [6, 6.07) is 12.8. The zero-order chi connectivity index (χ0) is 22.7. The lowest BCUT2D eigenvalue weighted by atomic mass is 9.97. The molecule has 2 heterocycles. The summed E-state index contributed by atoms with van der Waals surface area (Å²) in [6.45, 7) is 4.88. The lowest BCUT2D eigenvalue weighted by Crippen LogP contribution is -2.18. The topological polar surface area (TPSA) is 59.6 Å². The first kappa shape index (κ1) is 22.4. The number of aliphatic hydroxyl groups excluding tert-OH is 1. The number of imidazole rings is 1. The fourth-order valence-corrected chi connectivity index (χ4v) is 4.23. The summed E-state index contributed by atoms with van der Waals surface area (Å²) in [4.78, 5) is 9.02.